The van der Waals surface area contributed by atoms with E-state index in [2.05, 4.69) is 12.2 Å². The Morgan fingerprint density at radius 2 is 2.00 bits per heavy atom. The van der Waals surface area contributed by atoms with Crippen molar-refractivity contribution in [3.8, 4) is 5.75 Å². The Hall–Kier alpha value is -1.85. The third-order valence-electron chi connectivity index (χ3n) is 2.56. The molecule has 0 spiro atoms. The molecule has 1 aromatic carbocycles. The molecule has 0 saturated carbocycles. The molecule has 0 bridgehead atoms. The van der Waals surface area contributed by atoms with Gasteiger partial charge < -0.3 is 19.9 Å². The predicted octanol–water partition coefficient (Wildman–Crippen LogP) is 1.61. The molecule has 2 N–H and O–H groups in total. The maximum absolute atomic E-state index is 11.5. The number of amides is 1. The lowest BCUT2D eigenvalue weighted by Crippen LogP contribution is -2.25. The minimum absolute atomic E-state index is 0.00812. The van der Waals surface area contributed by atoms with Crippen molar-refractivity contribution in [1.29, 1.82) is 0 Å². The minimum Gasteiger partial charge on any atom is -0.494 e. The van der Waals surface area contributed by atoms with Gasteiger partial charge in [0.05, 0.1) is 26.4 Å². The van der Waals surface area contributed by atoms with Gasteiger partial charge in [0.15, 0.2) is 0 Å². The fraction of sp³-hybridized carbons (Fsp3) is 0.438. The summed E-state index contributed by atoms with van der Waals surface area (Å²) in [6.45, 7) is 3.86. The molecule has 5 nitrogen and oxygen atoms in total. The molecule has 1 aromatic rings. The molecule has 0 unspecified atom stereocenters. The van der Waals surface area contributed by atoms with E-state index in [4.69, 9.17) is 14.6 Å². The number of nitrogens with one attached hydrogen (secondary N) is 1. The van der Waals surface area contributed by atoms with Crippen LogP contribution in [0.25, 0.3) is 6.08 Å². The van der Waals surface area contributed by atoms with Gasteiger partial charge in [-0.15, -0.1) is 0 Å². The van der Waals surface area contributed by atoms with Crippen LogP contribution in [0.3, 0.4) is 0 Å². The Balaban J connectivity index is 2.29. The number of ether oxygens (including phenoxy) is 2. The van der Waals surface area contributed by atoms with E-state index in [0.29, 0.717) is 19.8 Å². The molecule has 1 amide bonds. The zero-order valence-electron chi connectivity index (χ0n) is 12.4. The van der Waals surface area contributed by atoms with Crippen molar-refractivity contribution in [2.45, 2.75) is 13.3 Å². The highest BCUT2D eigenvalue weighted by Crippen LogP contribution is 2.13. The molecule has 21 heavy (non-hydrogen) atoms. The average Bonchev–Trinajstić information content (AvgIpc) is 2.51. The number of aliphatic hydroxyl groups is 1. The topological polar surface area (TPSA) is 67.8 Å². The van der Waals surface area contributed by atoms with Crippen LogP contribution in [-0.2, 0) is 9.53 Å². The first-order valence-electron chi connectivity index (χ1n) is 7.13. The third kappa shape index (κ3) is 8.12. The van der Waals surface area contributed by atoms with Gasteiger partial charge >= 0.3 is 0 Å². The molecule has 0 heterocycles. The van der Waals surface area contributed by atoms with Gasteiger partial charge in [0.1, 0.15) is 5.75 Å². The number of aliphatic hydroxyl groups excluding tert-OH is 1. The van der Waals surface area contributed by atoms with Crippen LogP contribution >= 0.6 is 0 Å². The summed E-state index contributed by atoms with van der Waals surface area (Å²) >= 11 is 0. The highest BCUT2D eigenvalue weighted by molar-refractivity contribution is 5.91. The van der Waals surface area contributed by atoms with E-state index in [0.717, 1.165) is 17.7 Å². The monoisotopic (exact) mass is 293 g/mol. The highest BCUT2D eigenvalue weighted by atomic mass is 16.5. The van der Waals surface area contributed by atoms with Crippen LogP contribution in [0.15, 0.2) is 30.3 Å². The molecule has 116 valence electrons. The third-order valence-corrected chi connectivity index (χ3v) is 2.56. The summed E-state index contributed by atoms with van der Waals surface area (Å²) in [4.78, 5) is 11.5. The van der Waals surface area contributed by atoms with Crippen molar-refractivity contribution < 1.29 is 19.4 Å². The predicted molar refractivity (Wildman–Crippen MR) is 82.2 cm³/mol. The van der Waals surface area contributed by atoms with Crippen LogP contribution in [0, 0.1) is 0 Å². The second kappa shape index (κ2) is 10.9. The smallest absolute Gasteiger partial charge is 0.244 e. The summed E-state index contributed by atoms with van der Waals surface area (Å²) in [5.74, 6) is 0.661. The number of carbonyl (C=O) groups excluding carboxylic acids is 1. The molecular weight excluding hydrogens is 270 g/mol. The highest BCUT2D eigenvalue weighted by Gasteiger charge is 1.96. The maximum atomic E-state index is 11.5. The first kappa shape index (κ1) is 17.2. The lowest BCUT2D eigenvalue weighted by atomic mass is 10.2. The van der Waals surface area contributed by atoms with Crippen molar-refractivity contribution >= 4 is 12.0 Å². The van der Waals surface area contributed by atoms with Crippen molar-refractivity contribution in [2.24, 2.45) is 0 Å². The quantitative estimate of drug-likeness (QED) is 0.508. The van der Waals surface area contributed by atoms with Crippen molar-refractivity contribution in [1.82, 2.24) is 5.32 Å². The second-order valence-corrected chi connectivity index (χ2v) is 4.38. The second-order valence-electron chi connectivity index (χ2n) is 4.38. The van der Waals surface area contributed by atoms with Crippen LogP contribution in [0.5, 0.6) is 5.75 Å². The largest absolute Gasteiger partial charge is 0.494 e. The average molecular weight is 293 g/mol. The van der Waals surface area contributed by atoms with Gasteiger partial charge in [-0.25, -0.2) is 0 Å². The van der Waals surface area contributed by atoms with E-state index in [1.807, 2.05) is 24.3 Å². The zero-order chi connectivity index (χ0) is 15.3. The van der Waals surface area contributed by atoms with Gasteiger partial charge in [-0.2, -0.15) is 0 Å². The lowest BCUT2D eigenvalue weighted by Gasteiger charge is -2.04. The Kier molecular flexibility index (Phi) is 8.91. The van der Waals surface area contributed by atoms with Gasteiger partial charge in [0.2, 0.25) is 5.91 Å². The van der Waals surface area contributed by atoms with E-state index in [9.17, 15) is 4.79 Å². The van der Waals surface area contributed by atoms with Crippen LogP contribution in [0.4, 0.5) is 0 Å². The fourth-order valence-electron chi connectivity index (χ4n) is 1.54. The van der Waals surface area contributed by atoms with E-state index < -0.39 is 0 Å². The van der Waals surface area contributed by atoms with E-state index in [1.165, 1.54) is 6.08 Å². The molecule has 0 aromatic heterocycles. The zero-order valence-corrected chi connectivity index (χ0v) is 12.4. The van der Waals surface area contributed by atoms with E-state index in [-0.39, 0.29) is 19.1 Å². The number of hydrogen-bond acceptors (Lipinski definition) is 4. The van der Waals surface area contributed by atoms with Crippen LogP contribution < -0.4 is 10.1 Å². The Labute approximate surface area is 125 Å². The maximum Gasteiger partial charge on any atom is 0.244 e. The summed E-state index contributed by atoms with van der Waals surface area (Å²) in [5, 5.41) is 11.2. The van der Waals surface area contributed by atoms with Crippen molar-refractivity contribution in [3.05, 3.63) is 35.9 Å². The summed E-state index contributed by atoms with van der Waals surface area (Å²) < 4.78 is 10.5. The fourth-order valence-corrected chi connectivity index (χ4v) is 1.54. The first-order valence-corrected chi connectivity index (χ1v) is 7.13. The normalized spacial score (nSPS) is 10.8. The van der Waals surface area contributed by atoms with Gasteiger partial charge in [0.25, 0.3) is 0 Å². The molecular formula is C16H23NO4. The van der Waals surface area contributed by atoms with Crippen molar-refractivity contribution in [3.63, 3.8) is 0 Å². The summed E-state index contributed by atoms with van der Waals surface area (Å²) in [7, 11) is 0. The first-order chi connectivity index (χ1) is 10.3. The van der Waals surface area contributed by atoms with Gasteiger partial charge in [-0.3, -0.25) is 4.79 Å². The van der Waals surface area contributed by atoms with Crippen LogP contribution in [0.2, 0.25) is 0 Å². The SMILES string of the molecule is CCCOc1ccc(/C=C/C(=O)NCCOCCO)cc1. The Morgan fingerprint density at radius 1 is 1.24 bits per heavy atom. The van der Waals surface area contributed by atoms with Gasteiger partial charge in [0, 0.05) is 12.6 Å². The molecule has 0 radical (unpaired) electrons. The summed E-state index contributed by atoms with van der Waals surface area (Å²) in [6, 6.07) is 7.57. The van der Waals surface area contributed by atoms with Gasteiger partial charge in [-0.1, -0.05) is 19.1 Å². The molecule has 1 rings (SSSR count). The molecule has 0 atom stereocenters. The Bertz CT molecular complexity index is 428. The standard InChI is InChI=1S/C16H23NO4/c1-2-11-21-15-6-3-14(4-7-15)5-8-16(19)17-9-12-20-13-10-18/h3-8,18H,2,9-13H2,1H3,(H,17,19)/b8-5+. The summed E-state index contributed by atoms with van der Waals surface area (Å²) in [5.41, 5.74) is 0.936. The number of benzene rings is 1. The van der Waals surface area contributed by atoms with Gasteiger partial charge in [-0.05, 0) is 30.2 Å². The molecule has 0 aliphatic heterocycles. The molecule has 0 fully saturated rings. The molecule has 0 aliphatic rings. The Morgan fingerprint density at radius 3 is 2.67 bits per heavy atom. The van der Waals surface area contributed by atoms with E-state index in [1.54, 1.807) is 6.08 Å². The van der Waals surface area contributed by atoms with E-state index >= 15 is 0 Å². The molecule has 5 heteroatoms. The molecule has 0 saturated heterocycles. The van der Waals surface area contributed by atoms with Crippen LogP contribution in [-0.4, -0.2) is 44.0 Å². The molecule has 0 aliphatic carbocycles. The summed E-state index contributed by atoms with van der Waals surface area (Å²) in [6.07, 6.45) is 4.20. The number of rotatable bonds is 10. The van der Waals surface area contributed by atoms with Crippen LogP contribution in [0.1, 0.15) is 18.9 Å². The van der Waals surface area contributed by atoms with Crippen molar-refractivity contribution in [2.75, 3.05) is 33.0 Å². The number of carbonyl (C=O) groups is 1. The number of hydrogen-bond donors (Lipinski definition) is 2. The minimum atomic E-state index is -0.172. The lowest BCUT2D eigenvalue weighted by molar-refractivity contribution is -0.116.